The summed E-state index contributed by atoms with van der Waals surface area (Å²) in [6, 6.07) is 10.4. The van der Waals surface area contributed by atoms with Gasteiger partial charge >= 0.3 is 0 Å². The Kier molecular flexibility index (Phi) is 5.68. The molecule has 0 bridgehead atoms. The van der Waals surface area contributed by atoms with Crippen LogP contribution in [0.1, 0.15) is 25.0 Å². The molecule has 3 heteroatoms. The lowest BCUT2D eigenvalue weighted by molar-refractivity contribution is 0.0981. The maximum absolute atomic E-state index is 9.05. The smallest absolute Gasteiger partial charge is 0.0995 e. The van der Waals surface area contributed by atoms with Crippen LogP contribution in [0.15, 0.2) is 24.3 Å². The number of nitriles is 1. The van der Waals surface area contributed by atoms with Gasteiger partial charge in [0.25, 0.3) is 0 Å². The Balaban J connectivity index is 2.77. The van der Waals surface area contributed by atoms with Gasteiger partial charge in [0.1, 0.15) is 0 Å². The maximum Gasteiger partial charge on any atom is 0.0995 e. The highest BCUT2D eigenvalue weighted by atomic mass is 16.5. The van der Waals surface area contributed by atoms with E-state index in [1.807, 2.05) is 24.3 Å². The molecule has 0 aromatic heterocycles. The minimum absolute atomic E-state index is 0.358. The largest absolute Gasteiger partial charge is 0.383 e. The number of hydrogen-bond donors (Lipinski definition) is 0. The minimum Gasteiger partial charge on any atom is -0.383 e. The van der Waals surface area contributed by atoms with Gasteiger partial charge in [0.2, 0.25) is 0 Å². The number of rotatable bonds is 6. The highest BCUT2D eigenvalue weighted by molar-refractivity contribution is 5.37. The van der Waals surface area contributed by atoms with Crippen LogP contribution in [0.4, 0.5) is 0 Å². The van der Waals surface area contributed by atoms with Gasteiger partial charge in [0.05, 0.1) is 18.2 Å². The van der Waals surface area contributed by atoms with Crippen LogP contribution in [0, 0.1) is 11.3 Å². The Bertz CT molecular complexity index is 384. The fourth-order valence-corrected chi connectivity index (χ4v) is 1.91. The van der Waals surface area contributed by atoms with Gasteiger partial charge in [-0.1, -0.05) is 25.1 Å². The van der Waals surface area contributed by atoms with Crippen LogP contribution in [0.2, 0.25) is 0 Å². The van der Waals surface area contributed by atoms with E-state index in [0.717, 1.165) is 24.2 Å². The van der Waals surface area contributed by atoms with Gasteiger partial charge in [0.15, 0.2) is 0 Å². The van der Waals surface area contributed by atoms with Crippen molar-refractivity contribution in [3.63, 3.8) is 0 Å². The van der Waals surface area contributed by atoms with Crippen LogP contribution in [-0.4, -0.2) is 31.2 Å². The summed E-state index contributed by atoms with van der Waals surface area (Å²) in [5, 5.41) is 9.05. The Labute approximate surface area is 104 Å². The predicted octanol–water partition coefficient (Wildman–Crippen LogP) is 2.42. The number of methoxy groups -OCH3 is 1. The van der Waals surface area contributed by atoms with Gasteiger partial charge in [-0.05, 0) is 25.1 Å². The standard InChI is InChI=1S/C14H20N2O/c1-4-16(12(2)11-17-3)10-14-8-6-5-7-13(14)9-15/h5-8,12H,4,10-11H2,1-3H3. The van der Waals surface area contributed by atoms with Crippen LogP contribution in [0.5, 0.6) is 0 Å². The molecule has 1 atom stereocenters. The first-order valence-electron chi connectivity index (χ1n) is 5.93. The fraction of sp³-hybridized carbons (Fsp3) is 0.500. The van der Waals surface area contributed by atoms with Crippen molar-refractivity contribution in [2.75, 3.05) is 20.3 Å². The normalized spacial score (nSPS) is 12.4. The molecule has 3 nitrogen and oxygen atoms in total. The van der Waals surface area contributed by atoms with Crippen molar-refractivity contribution in [2.24, 2.45) is 0 Å². The molecular weight excluding hydrogens is 212 g/mol. The van der Waals surface area contributed by atoms with Gasteiger partial charge < -0.3 is 4.74 Å². The van der Waals surface area contributed by atoms with Crippen molar-refractivity contribution in [1.82, 2.24) is 4.90 Å². The van der Waals surface area contributed by atoms with E-state index in [9.17, 15) is 0 Å². The lowest BCUT2D eigenvalue weighted by Gasteiger charge is -2.27. The molecule has 1 rings (SSSR count). The van der Waals surface area contributed by atoms with Gasteiger partial charge in [-0.3, -0.25) is 4.90 Å². The molecule has 92 valence electrons. The number of nitrogens with zero attached hydrogens (tertiary/aromatic N) is 2. The molecule has 0 radical (unpaired) electrons. The molecule has 0 N–H and O–H groups in total. The first kappa shape index (κ1) is 13.7. The lowest BCUT2D eigenvalue weighted by atomic mass is 10.1. The summed E-state index contributed by atoms with van der Waals surface area (Å²) in [5.41, 5.74) is 1.84. The Morgan fingerprint density at radius 1 is 1.41 bits per heavy atom. The Morgan fingerprint density at radius 3 is 2.71 bits per heavy atom. The summed E-state index contributed by atoms with van der Waals surface area (Å²) in [7, 11) is 1.72. The second-order valence-electron chi connectivity index (χ2n) is 4.14. The van der Waals surface area contributed by atoms with E-state index < -0.39 is 0 Å². The topological polar surface area (TPSA) is 36.3 Å². The van der Waals surface area contributed by atoms with Crippen LogP contribution in [0.3, 0.4) is 0 Å². The van der Waals surface area contributed by atoms with Gasteiger partial charge in [-0.25, -0.2) is 0 Å². The van der Waals surface area contributed by atoms with Crippen LogP contribution >= 0.6 is 0 Å². The third-order valence-corrected chi connectivity index (χ3v) is 2.95. The number of likely N-dealkylation sites (N-methyl/N-ethyl adjacent to an activating group) is 1. The van der Waals surface area contributed by atoms with Crippen molar-refractivity contribution in [1.29, 1.82) is 5.26 Å². The summed E-state index contributed by atoms with van der Waals surface area (Å²) >= 11 is 0. The fourth-order valence-electron chi connectivity index (χ4n) is 1.91. The predicted molar refractivity (Wildman–Crippen MR) is 68.6 cm³/mol. The quantitative estimate of drug-likeness (QED) is 0.755. The third kappa shape index (κ3) is 3.85. The monoisotopic (exact) mass is 232 g/mol. The molecule has 0 fully saturated rings. The highest BCUT2D eigenvalue weighted by Crippen LogP contribution is 2.12. The van der Waals surface area contributed by atoms with E-state index >= 15 is 0 Å². The maximum atomic E-state index is 9.05. The molecule has 17 heavy (non-hydrogen) atoms. The Morgan fingerprint density at radius 2 is 2.12 bits per heavy atom. The average molecular weight is 232 g/mol. The first-order valence-corrected chi connectivity index (χ1v) is 5.93. The van der Waals surface area contributed by atoms with E-state index in [4.69, 9.17) is 10.00 Å². The van der Waals surface area contributed by atoms with Gasteiger partial charge in [-0.2, -0.15) is 5.26 Å². The minimum atomic E-state index is 0.358. The van der Waals surface area contributed by atoms with E-state index in [-0.39, 0.29) is 0 Å². The molecule has 0 saturated heterocycles. The third-order valence-electron chi connectivity index (χ3n) is 2.95. The van der Waals surface area contributed by atoms with Crippen LogP contribution in [0.25, 0.3) is 0 Å². The zero-order valence-corrected chi connectivity index (χ0v) is 10.8. The summed E-state index contributed by atoms with van der Waals surface area (Å²) < 4.78 is 5.17. The molecule has 1 unspecified atom stereocenters. The summed E-state index contributed by atoms with van der Waals surface area (Å²) in [6.07, 6.45) is 0. The molecule has 0 aliphatic rings. The second-order valence-corrected chi connectivity index (χ2v) is 4.14. The zero-order chi connectivity index (χ0) is 12.7. The molecule has 1 aromatic carbocycles. The molecule has 0 saturated carbocycles. The van der Waals surface area contributed by atoms with Crippen molar-refractivity contribution in [3.8, 4) is 6.07 Å². The number of hydrogen-bond acceptors (Lipinski definition) is 3. The van der Waals surface area contributed by atoms with Crippen molar-refractivity contribution < 1.29 is 4.74 Å². The van der Waals surface area contributed by atoms with Crippen molar-refractivity contribution in [3.05, 3.63) is 35.4 Å². The van der Waals surface area contributed by atoms with Crippen molar-refractivity contribution >= 4 is 0 Å². The highest BCUT2D eigenvalue weighted by Gasteiger charge is 2.13. The van der Waals surface area contributed by atoms with E-state index in [0.29, 0.717) is 12.6 Å². The molecule has 0 aliphatic carbocycles. The number of ether oxygens (including phenoxy) is 1. The summed E-state index contributed by atoms with van der Waals surface area (Å²) in [5.74, 6) is 0. The molecular formula is C14H20N2O. The second kappa shape index (κ2) is 7.05. The summed E-state index contributed by atoms with van der Waals surface area (Å²) in [4.78, 5) is 2.31. The van der Waals surface area contributed by atoms with E-state index in [1.54, 1.807) is 7.11 Å². The van der Waals surface area contributed by atoms with E-state index in [2.05, 4.69) is 24.8 Å². The zero-order valence-electron chi connectivity index (χ0n) is 10.8. The molecule has 0 amide bonds. The molecule has 0 aliphatic heterocycles. The SMILES string of the molecule is CCN(Cc1ccccc1C#N)C(C)COC. The first-order chi connectivity index (χ1) is 8.22. The van der Waals surface area contributed by atoms with Crippen LogP contribution < -0.4 is 0 Å². The van der Waals surface area contributed by atoms with Crippen LogP contribution in [-0.2, 0) is 11.3 Å². The average Bonchev–Trinajstić information content (AvgIpc) is 2.36. The Hall–Kier alpha value is -1.37. The lowest BCUT2D eigenvalue weighted by Crippen LogP contribution is -2.35. The van der Waals surface area contributed by atoms with Gasteiger partial charge in [-0.15, -0.1) is 0 Å². The molecule has 0 spiro atoms. The van der Waals surface area contributed by atoms with Crippen molar-refractivity contribution in [2.45, 2.75) is 26.4 Å². The molecule has 1 aromatic rings. The van der Waals surface area contributed by atoms with E-state index in [1.165, 1.54) is 0 Å². The summed E-state index contributed by atoms with van der Waals surface area (Å²) in [6.45, 7) is 6.72. The number of benzene rings is 1. The van der Waals surface area contributed by atoms with Gasteiger partial charge in [0, 0.05) is 19.7 Å². The molecule has 0 heterocycles.